The molecule has 6 nitrogen and oxygen atoms in total. The molecule has 0 bridgehead atoms. The lowest BCUT2D eigenvalue weighted by molar-refractivity contribution is 0.595. The Balaban J connectivity index is 2.49. The summed E-state index contributed by atoms with van der Waals surface area (Å²) in [5.74, 6) is -0.953. The van der Waals surface area contributed by atoms with E-state index in [-0.39, 0.29) is 16.5 Å². The van der Waals surface area contributed by atoms with Crippen LogP contribution in [0.25, 0.3) is 0 Å². The van der Waals surface area contributed by atoms with Crippen molar-refractivity contribution < 1.29 is 12.8 Å². The van der Waals surface area contributed by atoms with Gasteiger partial charge in [0.1, 0.15) is 4.90 Å². The maximum atomic E-state index is 13.6. The molecule has 0 aliphatic rings. The van der Waals surface area contributed by atoms with Crippen molar-refractivity contribution in [2.75, 3.05) is 10.5 Å². The molecule has 3 N–H and O–H groups in total. The Hall–Kier alpha value is -1.51. The van der Waals surface area contributed by atoms with E-state index >= 15 is 0 Å². The van der Waals surface area contributed by atoms with Crippen LogP contribution in [0.5, 0.6) is 0 Å². The lowest BCUT2D eigenvalue weighted by Crippen LogP contribution is -2.17. The molecule has 0 aliphatic carbocycles. The molecule has 0 fully saturated rings. The Morgan fingerprint density at radius 1 is 1.40 bits per heavy atom. The Kier molecular flexibility index (Phi) is 3.81. The topological polar surface area (TPSA) is 90.0 Å². The van der Waals surface area contributed by atoms with Gasteiger partial charge in [-0.25, -0.2) is 12.8 Å². The molecule has 0 atom stereocenters. The van der Waals surface area contributed by atoms with Crippen LogP contribution in [-0.4, -0.2) is 18.2 Å². The zero-order valence-corrected chi connectivity index (χ0v) is 12.4. The van der Waals surface area contributed by atoms with Gasteiger partial charge < -0.3 is 5.73 Å². The lowest BCUT2D eigenvalue weighted by Gasteiger charge is -2.11. The number of anilines is 2. The fourth-order valence-corrected chi connectivity index (χ4v) is 3.34. The molecule has 10 heteroatoms. The molecule has 0 saturated carbocycles. The molecule has 0 saturated heterocycles. The standard InChI is InChI=1S/C10H9Cl2FN4O2S/c1-17-10(6(14)4-15-17)16-20(18,19)7-3-2-5(11)9(13)8(7)12/h2-4,16H,14H2,1H3. The smallest absolute Gasteiger partial charge is 0.264 e. The van der Waals surface area contributed by atoms with Gasteiger partial charge in [0.05, 0.1) is 21.9 Å². The summed E-state index contributed by atoms with van der Waals surface area (Å²) in [6, 6.07) is 2.20. The zero-order chi connectivity index (χ0) is 15.1. The third-order valence-corrected chi connectivity index (χ3v) is 4.64. The first-order valence-corrected chi connectivity index (χ1v) is 7.41. The zero-order valence-electron chi connectivity index (χ0n) is 10.1. The maximum Gasteiger partial charge on any atom is 0.264 e. The molecule has 0 radical (unpaired) electrons. The van der Waals surface area contributed by atoms with Crippen LogP contribution >= 0.6 is 23.2 Å². The summed E-state index contributed by atoms with van der Waals surface area (Å²) in [6.07, 6.45) is 1.28. The minimum Gasteiger partial charge on any atom is -0.394 e. The van der Waals surface area contributed by atoms with Crippen molar-refractivity contribution >= 4 is 44.7 Å². The molecule has 108 valence electrons. The van der Waals surface area contributed by atoms with Gasteiger partial charge in [-0.1, -0.05) is 23.2 Å². The second-order valence-electron chi connectivity index (χ2n) is 3.85. The number of nitrogen functional groups attached to an aromatic ring is 1. The Morgan fingerprint density at radius 2 is 2.05 bits per heavy atom. The van der Waals surface area contributed by atoms with Gasteiger partial charge in [0, 0.05) is 7.05 Å². The summed E-state index contributed by atoms with van der Waals surface area (Å²) in [6.45, 7) is 0. The minimum atomic E-state index is -4.12. The third kappa shape index (κ3) is 2.54. The van der Waals surface area contributed by atoms with Crippen molar-refractivity contribution in [2.24, 2.45) is 7.05 Å². The van der Waals surface area contributed by atoms with Crippen molar-refractivity contribution in [3.05, 3.63) is 34.2 Å². The molecule has 2 aromatic rings. The Morgan fingerprint density at radius 3 is 2.60 bits per heavy atom. The van der Waals surface area contributed by atoms with E-state index in [0.29, 0.717) is 0 Å². The molecule has 1 aromatic carbocycles. The highest BCUT2D eigenvalue weighted by Gasteiger charge is 2.24. The first-order chi connectivity index (χ1) is 9.24. The number of sulfonamides is 1. The molecule has 0 amide bonds. The number of rotatable bonds is 3. The van der Waals surface area contributed by atoms with Crippen molar-refractivity contribution in [2.45, 2.75) is 4.90 Å². The number of benzene rings is 1. The molecule has 20 heavy (non-hydrogen) atoms. The van der Waals surface area contributed by atoms with Gasteiger partial charge in [-0.3, -0.25) is 9.40 Å². The quantitative estimate of drug-likeness (QED) is 0.840. The van der Waals surface area contributed by atoms with Crippen molar-refractivity contribution in [3.8, 4) is 0 Å². The molecule has 0 spiro atoms. The highest BCUT2D eigenvalue weighted by atomic mass is 35.5. The number of nitrogens with two attached hydrogens (primary N) is 1. The summed E-state index contributed by atoms with van der Waals surface area (Å²) in [5.41, 5.74) is 5.71. The van der Waals surface area contributed by atoms with E-state index in [9.17, 15) is 12.8 Å². The van der Waals surface area contributed by atoms with Crippen LogP contribution in [0, 0.1) is 5.82 Å². The van der Waals surface area contributed by atoms with Crippen LogP contribution in [0.1, 0.15) is 0 Å². The average molecular weight is 339 g/mol. The normalized spacial score (nSPS) is 11.6. The summed E-state index contributed by atoms with van der Waals surface area (Å²) in [4.78, 5) is -0.443. The van der Waals surface area contributed by atoms with Crippen LogP contribution < -0.4 is 10.5 Å². The van der Waals surface area contributed by atoms with Crippen LogP contribution in [0.15, 0.2) is 23.2 Å². The third-order valence-electron chi connectivity index (χ3n) is 2.49. The lowest BCUT2D eigenvalue weighted by atomic mass is 10.3. The van der Waals surface area contributed by atoms with Crippen molar-refractivity contribution in [3.63, 3.8) is 0 Å². The molecule has 0 aliphatic heterocycles. The monoisotopic (exact) mass is 338 g/mol. The average Bonchev–Trinajstić information content (AvgIpc) is 2.67. The fourth-order valence-electron chi connectivity index (χ4n) is 1.48. The molecule has 0 unspecified atom stereocenters. The van der Waals surface area contributed by atoms with Gasteiger partial charge in [0.15, 0.2) is 11.6 Å². The van der Waals surface area contributed by atoms with Crippen LogP contribution in [0.3, 0.4) is 0 Å². The first kappa shape index (κ1) is 14.9. The second-order valence-corrected chi connectivity index (χ2v) is 6.29. The second kappa shape index (κ2) is 5.12. The van der Waals surface area contributed by atoms with E-state index < -0.39 is 25.8 Å². The van der Waals surface area contributed by atoms with Gasteiger partial charge in [0.25, 0.3) is 10.0 Å². The molecular weight excluding hydrogens is 330 g/mol. The Labute approximate surface area is 124 Å². The highest BCUT2D eigenvalue weighted by Crippen LogP contribution is 2.31. The van der Waals surface area contributed by atoms with Crippen molar-refractivity contribution in [1.29, 1.82) is 0 Å². The predicted molar refractivity (Wildman–Crippen MR) is 74.8 cm³/mol. The molecule has 1 heterocycles. The van der Waals surface area contributed by atoms with Gasteiger partial charge >= 0.3 is 0 Å². The van der Waals surface area contributed by atoms with Gasteiger partial charge in [0.2, 0.25) is 0 Å². The summed E-state index contributed by atoms with van der Waals surface area (Å²) < 4.78 is 41.4. The van der Waals surface area contributed by atoms with E-state index in [0.717, 1.165) is 12.1 Å². The summed E-state index contributed by atoms with van der Waals surface area (Å²) in [5, 5.41) is 2.92. The number of aromatic nitrogens is 2. The highest BCUT2D eigenvalue weighted by molar-refractivity contribution is 7.92. The Bertz CT molecular complexity index is 756. The van der Waals surface area contributed by atoms with Crippen molar-refractivity contribution in [1.82, 2.24) is 9.78 Å². The number of halogens is 3. The van der Waals surface area contributed by atoms with E-state index in [1.54, 1.807) is 0 Å². The molecule has 1 aromatic heterocycles. The largest absolute Gasteiger partial charge is 0.394 e. The number of nitrogens with zero attached hydrogens (tertiary/aromatic N) is 2. The molecule has 2 rings (SSSR count). The van der Waals surface area contributed by atoms with Crippen LogP contribution in [-0.2, 0) is 17.1 Å². The number of aryl methyl sites for hydroxylation is 1. The van der Waals surface area contributed by atoms with Crippen LogP contribution in [0.4, 0.5) is 15.9 Å². The maximum absolute atomic E-state index is 13.6. The van der Waals surface area contributed by atoms with E-state index in [1.807, 2.05) is 0 Å². The van der Waals surface area contributed by atoms with E-state index in [4.69, 9.17) is 28.9 Å². The SMILES string of the molecule is Cn1ncc(N)c1NS(=O)(=O)c1ccc(Cl)c(F)c1Cl. The van der Waals surface area contributed by atoms with Gasteiger partial charge in [-0.2, -0.15) is 5.10 Å². The minimum absolute atomic E-state index is 0.0522. The summed E-state index contributed by atoms with van der Waals surface area (Å²) >= 11 is 11.2. The van der Waals surface area contributed by atoms with E-state index in [2.05, 4.69) is 9.82 Å². The number of hydrogen-bond acceptors (Lipinski definition) is 4. The molecular formula is C10H9Cl2FN4O2S. The summed E-state index contributed by atoms with van der Waals surface area (Å²) in [7, 11) is -2.62. The number of hydrogen-bond donors (Lipinski definition) is 2. The van der Waals surface area contributed by atoms with Gasteiger partial charge in [-0.05, 0) is 12.1 Å². The van der Waals surface area contributed by atoms with E-state index in [1.165, 1.54) is 17.9 Å². The predicted octanol–water partition coefficient (Wildman–Crippen LogP) is 2.25. The first-order valence-electron chi connectivity index (χ1n) is 5.18. The van der Waals surface area contributed by atoms with Gasteiger partial charge in [-0.15, -0.1) is 0 Å². The van der Waals surface area contributed by atoms with Crippen LogP contribution in [0.2, 0.25) is 10.0 Å². The number of nitrogens with one attached hydrogen (secondary N) is 1. The fraction of sp³-hybridized carbons (Fsp3) is 0.100.